The van der Waals surface area contributed by atoms with Gasteiger partial charge in [0.05, 0.1) is 11.9 Å². The molecule has 160 valence electrons. The van der Waals surface area contributed by atoms with E-state index in [-0.39, 0.29) is 12.4 Å². The van der Waals surface area contributed by atoms with E-state index in [9.17, 15) is 0 Å². The van der Waals surface area contributed by atoms with E-state index in [1.54, 1.807) is 18.3 Å². The lowest BCUT2D eigenvalue weighted by Gasteiger charge is -2.25. The van der Waals surface area contributed by atoms with E-state index in [0.717, 1.165) is 31.4 Å². The number of nitrogens with one attached hydrogen (secondary N) is 3. The van der Waals surface area contributed by atoms with Gasteiger partial charge in [0.15, 0.2) is 0 Å². The van der Waals surface area contributed by atoms with Crippen molar-refractivity contribution in [3.8, 4) is 6.07 Å². The van der Waals surface area contributed by atoms with Crippen molar-refractivity contribution < 1.29 is 0 Å². The maximum Gasteiger partial charge on any atom is 0.233 e. The highest BCUT2D eigenvalue weighted by Gasteiger charge is 2.18. The summed E-state index contributed by atoms with van der Waals surface area (Å²) in [5.41, 5.74) is 1.12. The van der Waals surface area contributed by atoms with Gasteiger partial charge in [-0.3, -0.25) is 0 Å². The fourth-order valence-corrected chi connectivity index (χ4v) is 4.08. The van der Waals surface area contributed by atoms with Gasteiger partial charge in [0, 0.05) is 12.1 Å². The minimum atomic E-state index is 0. The molecule has 3 N–H and O–H groups in total. The van der Waals surface area contributed by atoms with Crippen molar-refractivity contribution >= 4 is 35.9 Å². The maximum atomic E-state index is 8.92. The summed E-state index contributed by atoms with van der Waals surface area (Å²) in [6.07, 6.45) is 13.8. The van der Waals surface area contributed by atoms with E-state index in [1.165, 1.54) is 38.5 Å². The van der Waals surface area contributed by atoms with Gasteiger partial charge in [-0.2, -0.15) is 20.2 Å². The van der Waals surface area contributed by atoms with Crippen molar-refractivity contribution in [2.45, 2.75) is 76.3 Å². The van der Waals surface area contributed by atoms with E-state index in [1.807, 2.05) is 6.07 Å². The van der Waals surface area contributed by atoms with Crippen molar-refractivity contribution in [2.24, 2.45) is 0 Å². The van der Waals surface area contributed by atoms with E-state index in [0.29, 0.717) is 35.6 Å². The molecule has 2 aliphatic rings. The number of pyridine rings is 1. The van der Waals surface area contributed by atoms with Gasteiger partial charge in [0.1, 0.15) is 11.8 Å². The first kappa shape index (κ1) is 22.0. The van der Waals surface area contributed by atoms with Gasteiger partial charge < -0.3 is 16.0 Å². The summed E-state index contributed by atoms with van der Waals surface area (Å²) in [4.78, 5) is 17.9. The average Bonchev–Trinajstić information content (AvgIpc) is 2.76. The summed E-state index contributed by atoms with van der Waals surface area (Å²) in [7, 11) is 0. The van der Waals surface area contributed by atoms with Gasteiger partial charge in [0.25, 0.3) is 0 Å². The smallest absolute Gasteiger partial charge is 0.233 e. The van der Waals surface area contributed by atoms with E-state index in [4.69, 9.17) is 5.26 Å². The lowest BCUT2D eigenvalue weighted by molar-refractivity contribution is 0.458. The first-order valence-corrected chi connectivity index (χ1v) is 10.7. The molecule has 2 fully saturated rings. The predicted octanol–water partition coefficient (Wildman–Crippen LogP) is 4.79. The van der Waals surface area contributed by atoms with E-state index < -0.39 is 0 Å². The van der Waals surface area contributed by atoms with Crippen molar-refractivity contribution in [2.75, 3.05) is 16.0 Å². The second kappa shape index (κ2) is 10.9. The third kappa shape index (κ3) is 6.17. The number of nitrogens with zero attached hydrogens (tertiary/aromatic N) is 5. The Bertz CT molecular complexity index is 801. The molecule has 0 saturated heterocycles. The minimum Gasteiger partial charge on any atom is -0.351 e. The van der Waals surface area contributed by atoms with Gasteiger partial charge in [-0.25, -0.2) is 4.98 Å². The molecule has 0 atom stereocenters. The SMILES string of the molecule is Cl.N#Cc1ccc(Nc2nc(NC3CCCCC3)nc(NC3CCCCC3)n2)cn1. The molecule has 0 bridgehead atoms. The average molecular weight is 429 g/mol. The monoisotopic (exact) mass is 428 g/mol. The van der Waals surface area contributed by atoms with Crippen LogP contribution in [0.5, 0.6) is 0 Å². The highest BCUT2D eigenvalue weighted by atomic mass is 35.5. The zero-order chi connectivity index (χ0) is 19.9. The van der Waals surface area contributed by atoms with E-state index >= 15 is 0 Å². The molecule has 2 saturated carbocycles. The normalized spacial score (nSPS) is 17.4. The molecule has 2 heterocycles. The number of hydrogen-bond acceptors (Lipinski definition) is 8. The van der Waals surface area contributed by atoms with Gasteiger partial charge >= 0.3 is 0 Å². The van der Waals surface area contributed by atoms with E-state index in [2.05, 4.69) is 35.9 Å². The third-order valence-electron chi connectivity index (χ3n) is 5.65. The molecule has 0 aromatic carbocycles. The quantitative estimate of drug-likeness (QED) is 0.601. The van der Waals surface area contributed by atoms with Crippen LogP contribution in [0.2, 0.25) is 0 Å². The molecule has 0 amide bonds. The summed E-state index contributed by atoms with van der Waals surface area (Å²) >= 11 is 0. The second-order valence-corrected chi connectivity index (χ2v) is 7.93. The Balaban J connectivity index is 0.00000256. The fraction of sp³-hybridized carbons (Fsp3) is 0.571. The summed E-state index contributed by atoms with van der Waals surface area (Å²) < 4.78 is 0. The predicted molar refractivity (Wildman–Crippen MR) is 120 cm³/mol. The lowest BCUT2D eigenvalue weighted by Crippen LogP contribution is -2.26. The molecule has 0 aliphatic heterocycles. The lowest BCUT2D eigenvalue weighted by atomic mass is 9.96. The number of halogens is 1. The molecular formula is C21H29ClN8. The zero-order valence-electron chi connectivity index (χ0n) is 17.1. The summed E-state index contributed by atoms with van der Waals surface area (Å²) in [5, 5.41) is 19.1. The Morgan fingerprint density at radius 2 is 1.30 bits per heavy atom. The molecule has 0 spiro atoms. The minimum absolute atomic E-state index is 0. The Kier molecular flexibility index (Phi) is 8.03. The molecule has 0 unspecified atom stereocenters. The van der Waals surface area contributed by atoms with Crippen molar-refractivity contribution in [1.29, 1.82) is 5.26 Å². The standard InChI is InChI=1S/C21H28N8.ClH/c22-13-17-11-12-18(14-23-17)26-21-28-19(24-15-7-3-1-4-8-15)27-20(29-21)25-16-9-5-2-6-10-16;/h11-12,14-16H,1-10H2,(H3,24,25,26,27,28,29);1H. The molecule has 2 aliphatic carbocycles. The van der Waals surface area contributed by atoms with Gasteiger partial charge in [-0.1, -0.05) is 38.5 Å². The van der Waals surface area contributed by atoms with Crippen molar-refractivity contribution in [3.05, 3.63) is 24.0 Å². The first-order chi connectivity index (χ1) is 14.3. The highest BCUT2D eigenvalue weighted by Crippen LogP contribution is 2.24. The number of rotatable bonds is 6. The maximum absolute atomic E-state index is 8.92. The molecule has 30 heavy (non-hydrogen) atoms. The van der Waals surface area contributed by atoms with Crippen LogP contribution in [0.4, 0.5) is 23.5 Å². The largest absolute Gasteiger partial charge is 0.351 e. The highest BCUT2D eigenvalue weighted by molar-refractivity contribution is 5.85. The summed E-state index contributed by atoms with van der Waals surface area (Å²) in [6, 6.07) is 6.33. The molecule has 2 aromatic rings. The van der Waals surface area contributed by atoms with Crippen molar-refractivity contribution in [1.82, 2.24) is 19.9 Å². The molecular weight excluding hydrogens is 400 g/mol. The van der Waals surface area contributed by atoms with Gasteiger partial charge in [0.2, 0.25) is 17.8 Å². The molecule has 4 rings (SSSR count). The topological polar surface area (TPSA) is 111 Å². The Hall–Kier alpha value is -2.66. The number of hydrogen-bond donors (Lipinski definition) is 3. The van der Waals surface area contributed by atoms with Crippen LogP contribution in [-0.2, 0) is 0 Å². The molecule has 0 radical (unpaired) electrons. The van der Waals surface area contributed by atoms with Crippen LogP contribution in [-0.4, -0.2) is 32.0 Å². The summed E-state index contributed by atoms with van der Waals surface area (Å²) in [5.74, 6) is 1.69. The second-order valence-electron chi connectivity index (χ2n) is 7.93. The van der Waals surface area contributed by atoms with Crippen LogP contribution >= 0.6 is 12.4 Å². The Morgan fingerprint density at radius 3 is 1.77 bits per heavy atom. The Labute approximate surface area is 183 Å². The fourth-order valence-electron chi connectivity index (χ4n) is 4.08. The molecule has 9 heteroatoms. The molecule has 2 aromatic heterocycles. The number of anilines is 4. The number of nitriles is 1. The van der Waals surface area contributed by atoms with Crippen LogP contribution in [0.1, 0.15) is 69.9 Å². The number of aromatic nitrogens is 4. The third-order valence-corrected chi connectivity index (χ3v) is 5.65. The zero-order valence-corrected chi connectivity index (χ0v) is 17.9. The van der Waals surface area contributed by atoms with Gasteiger partial charge in [-0.05, 0) is 37.8 Å². The molecule has 8 nitrogen and oxygen atoms in total. The van der Waals surface area contributed by atoms with Gasteiger partial charge in [-0.15, -0.1) is 12.4 Å². The van der Waals surface area contributed by atoms with Crippen LogP contribution in [0.25, 0.3) is 0 Å². The Morgan fingerprint density at radius 1 is 0.767 bits per heavy atom. The first-order valence-electron chi connectivity index (χ1n) is 10.7. The van der Waals surface area contributed by atoms with Crippen LogP contribution in [0.15, 0.2) is 18.3 Å². The van der Waals surface area contributed by atoms with Crippen molar-refractivity contribution in [3.63, 3.8) is 0 Å². The summed E-state index contributed by atoms with van der Waals surface area (Å²) in [6.45, 7) is 0. The van der Waals surface area contributed by atoms with Crippen LogP contribution < -0.4 is 16.0 Å². The van der Waals surface area contributed by atoms with Crippen LogP contribution in [0.3, 0.4) is 0 Å². The van der Waals surface area contributed by atoms with Crippen LogP contribution in [0, 0.1) is 11.3 Å².